The molecular formula is C18H24I2O12. The second-order valence-electron chi connectivity index (χ2n) is 7.34. The van der Waals surface area contributed by atoms with E-state index in [-0.39, 0.29) is 11.5 Å². The van der Waals surface area contributed by atoms with E-state index in [0.29, 0.717) is 7.14 Å². The molecule has 0 aliphatic carbocycles. The molecule has 12 nitrogen and oxygen atoms in total. The number of hydrogen-bond donors (Lipinski definition) is 8. The topological polar surface area (TPSA) is 199 Å². The van der Waals surface area contributed by atoms with Gasteiger partial charge < -0.3 is 59.8 Å². The molecule has 182 valence electrons. The minimum absolute atomic E-state index is 0.148. The lowest BCUT2D eigenvalue weighted by atomic mass is 9.99. The normalized spacial score (nSPS) is 40.2. The van der Waals surface area contributed by atoms with Gasteiger partial charge in [0.2, 0.25) is 12.6 Å². The molecular weight excluding hydrogens is 662 g/mol. The lowest BCUT2D eigenvalue weighted by Gasteiger charge is -2.40. The quantitative estimate of drug-likeness (QED) is 0.144. The van der Waals surface area contributed by atoms with Crippen LogP contribution >= 0.6 is 45.2 Å². The summed E-state index contributed by atoms with van der Waals surface area (Å²) in [5, 5.41) is 78.7. The highest BCUT2D eigenvalue weighted by molar-refractivity contribution is 14.1. The van der Waals surface area contributed by atoms with E-state index in [4.69, 9.17) is 18.9 Å². The first-order valence-electron chi connectivity index (χ1n) is 9.52. The van der Waals surface area contributed by atoms with E-state index in [0.717, 1.165) is 0 Å². The summed E-state index contributed by atoms with van der Waals surface area (Å²) in [4.78, 5) is 0. The SMILES string of the molecule is OCC1OC(Oc2cc(OC3OC(CO)C(O)C(O)C3O)c(I)cc2I)C(O)C(O)C1O. The zero-order chi connectivity index (χ0) is 23.7. The molecule has 10 unspecified atom stereocenters. The third-order valence-electron chi connectivity index (χ3n) is 5.17. The first-order valence-corrected chi connectivity index (χ1v) is 11.7. The van der Waals surface area contributed by atoms with Crippen molar-refractivity contribution in [1.82, 2.24) is 0 Å². The summed E-state index contributed by atoms with van der Waals surface area (Å²) in [7, 11) is 0. The fourth-order valence-electron chi connectivity index (χ4n) is 3.27. The molecule has 10 atom stereocenters. The lowest BCUT2D eigenvalue weighted by molar-refractivity contribution is -0.278. The Hall–Kier alpha value is -0.120. The summed E-state index contributed by atoms with van der Waals surface area (Å²) in [5.41, 5.74) is 0. The van der Waals surface area contributed by atoms with Gasteiger partial charge in [-0.15, -0.1) is 0 Å². The lowest BCUT2D eigenvalue weighted by Crippen LogP contribution is -2.60. The van der Waals surface area contributed by atoms with Gasteiger partial charge in [0.15, 0.2) is 0 Å². The van der Waals surface area contributed by atoms with Crippen LogP contribution in [0.5, 0.6) is 11.5 Å². The van der Waals surface area contributed by atoms with Gasteiger partial charge in [0, 0.05) is 6.07 Å². The van der Waals surface area contributed by atoms with Gasteiger partial charge in [-0.05, 0) is 51.2 Å². The van der Waals surface area contributed by atoms with Crippen molar-refractivity contribution >= 4 is 45.2 Å². The van der Waals surface area contributed by atoms with Crippen molar-refractivity contribution in [3.63, 3.8) is 0 Å². The van der Waals surface area contributed by atoms with Crippen molar-refractivity contribution in [2.45, 2.75) is 61.4 Å². The maximum absolute atomic E-state index is 10.2. The smallest absolute Gasteiger partial charge is 0.229 e. The molecule has 3 rings (SSSR count). The second kappa shape index (κ2) is 11.1. The first-order chi connectivity index (χ1) is 15.1. The molecule has 8 N–H and O–H groups in total. The fraction of sp³-hybridized carbons (Fsp3) is 0.667. The molecule has 0 spiro atoms. The number of aliphatic hydroxyl groups is 8. The molecule has 0 bridgehead atoms. The van der Waals surface area contributed by atoms with Crippen LogP contribution in [0, 0.1) is 7.14 Å². The minimum Gasteiger partial charge on any atom is -0.461 e. The van der Waals surface area contributed by atoms with Gasteiger partial charge in [0.1, 0.15) is 60.3 Å². The van der Waals surface area contributed by atoms with Gasteiger partial charge in [-0.25, -0.2) is 0 Å². The monoisotopic (exact) mass is 686 g/mol. The standard InChI is InChI=1S/C18H24I2O12/c19-5-1-6(20)8(30-18-16(28)14(26)12(24)10(4-22)32-18)2-7(5)29-17-15(27)13(25)11(23)9(3-21)31-17/h1-2,9-18,21-28H,3-4H2. The number of benzene rings is 1. The van der Waals surface area contributed by atoms with Crippen LogP contribution in [0.15, 0.2) is 12.1 Å². The highest BCUT2D eigenvalue weighted by Crippen LogP contribution is 2.35. The van der Waals surface area contributed by atoms with Crippen LogP contribution in [0.4, 0.5) is 0 Å². The molecule has 2 saturated heterocycles. The molecule has 1 aromatic rings. The van der Waals surface area contributed by atoms with Gasteiger partial charge in [0.25, 0.3) is 0 Å². The van der Waals surface area contributed by atoms with E-state index in [9.17, 15) is 40.9 Å². The molecule has 32 heavy (non-hydrogen) atoms. The maximum Gasteiger partial charge on any atom is 0.229 e. The molecule has 2 aliphatic heterocycles. The summed E-state index contributed by atoms with van der Waals surface area (Å²) >= 11 is 3.90. The van der Waals surface area contributed by atoms with E-state index in [1.54, 1.807) is 6.07 Å². The summed E-state index contributed by atoms with van der Waals surface area (Å²) < 4.78 is 23.1. The average Bonchev–Trinajstić information content (AvgIpc) is 2.77. The molecule has 2 aliphatic rings. The van der Waals surface area contributed by atoms with E-state index < -0.39 is 74.6 Å². The Labute approximate surface area is 209 Å². The van der Waals surface area contributed by atoms with Crippen molar-refractivity contribution in [3.05, 3.63) is 19.3 Å². The third kappa shape index (κ3) is 5.41. The highest BCUT2D eigenvalue weighted by Gasteiger charge is 2.46. The van der Waals surface area contributed by atoms with Crippen molar-refractivity contribution < 1.29 is 59.8 Å². The average molecular weight is 686 g/mol. The van der Waals surface area contributed by atoms with Crippen LogP contribution in [-0.4, -0.2) is 115 Å². The van der Waals surface area contributed by atoms with Gasteiger partial charge >= 0.3 is 0 Å². The van der Waals surface area contributed by atoms with E-state index in [1.807, 2.05) is 45.2 Å². The number of ether oxygens (including phenoxy) is 4. The first kappa shape index (κ1) is 26.5. The predicted molar refractivity (Wildman–Crippen MR) is 121 cm³/mol. The Morgan fingerprint density at radius 3 is 1.34 bits per heavy atom. The molecule has 0 amide bonds. The van der Waals surface area contributed by atoms with Crippen molar-refractivity contribution in [2.75, 3.05) is 13.2 Å². The molecule has 0 saturated carbocycles. The summed E-state index contributed by atoms with van der Waals surface area (Å²) in [6.07, 6.45) is -14.6. The van der Waals surface area contributed by atoms with Crippen molar-refractivity contribution in [1.29, 1.82) is 0 Å². The third-order valence-corrected chi connectivity index (χ3v) is 6.86. The molecule has 2 fully saturated rings. The maximum atomic E-state index is 10.2. The number of aliphatic hydroxyl groups excluding tert-OH is 8. The van der Waals surface area contributed by atoms with Crippen LogP contribution in [0.1, 0.15) is 0 Å². The molecule has 1 aromatic carbocycles. The fourth-order valence-corrected chi connectivity index (χ4v) is 5.06. The predicted octanol–water partition coefficient (Wildman–Crippen LogP) is -2.75. The van der Waals surface area contributed by atoms with Crippen LogP contribution < -0.4 is 9.47 Å². The molecule has 0 radical (unpaired) electrons. The highest BCUT2D eigenvalue weighted by atomic mass is 127. The number of rotatable bonds is 6. The second-order valence-corrected chi connectivity index (χ2v) is 9.67. The number of halogens is 2. The molecule has 0 aromatic heterocycles. The van der Waals surface area contributed by atoms with Gasteiger partial charge in [-0.1, -0.05) is 0 Å². The van der Waals surface area contributed by atoms with Gasteiger partial charge in [0.05, 0.1) is 20.4 Å². The Morgan fingerprint density at radius 2 is 1.00 bits per heavy atom. The Morgan fingerprint density at radius 1 is 0.625 bits per heavy atom. The molecule has 2 heterocycles. The minimum atomic E-state index is -1.61. The summed E-state index contributed by atoms with van der Waals surface area (Å²) in [6.45, 7) is -1.22. The zero-order valence-corrected chi connectivity index (χ0v) is 20.6. The summed E-state index contributed by atoms with van der Waals surface area (Å²) in [6, 6.07) is 3.03. The van der Waals surface area contributed by atoms with Crippen molar-refractivity contribution in [2.24, 2.45) is 0 Å². The van der Waals surface area contributed by atoms with E-state index in [1.165, 1.54) is 6.07 Å². The molecule has 14 heteroatoms. The van der Waals surface area contributed by atoms with Gasteiger partial charge in [-0.3, -0.25) is 0 Å². The Bertz CT molecular complexity index is 721. The largest absolute Gasteiger partial charge is 0.461 e. The van der Waals surface area contributed by atoms with Crippen LogP contribution in [0.25, 0.3) is 0 Å². The van der Waals surface area contributed by atoms with Crippen LogP contribution in [0.2, 0.25) is 0 Å². The Kier molecular flexibility index (Phi) is 9.17. The number of hydrogen-bond acceptors (Lipinski definition) is 12. The van der Waals surface area contributed by atoms with Crippen LogP contribution in [0.3, 0.4) is 0 Å². The van der Waals surface area contributed by atoms with Crippen molar-refractivity contribution in [3.8, 4) is 11.5 Å². The zero-order valence-electron chi connectivity index (χ0n) is 16.3. The summed E-state index contributed by atoms with van der Waals surface area (Å²) in [5.74, 6) is 0.296. The van der Waals surface area contributed by atoms with Gasteiger partial charge in [-0.2, -0.15) is 0 Å². The van der Waals surface area contributed by atoms with E-state index in [2.05, 4.69) is 0 Å². The van der Waals surface area contributed by atoms with E-state index >= 15 is 0 Å². The Balaban J connectivity index is 1.80. The van der Waals surface area contributed by atoms with Crippen LogP contribution in [-0.2, 0) is 9.47 Å².